The summed E-state index contributed by atoms with van der Waals surface area (Å²) in [5.41, 5.74) is 0. The van der Waals surface area contributed by atoms with E-state index in [4.69, 9.17) is 18.5 Å². The highest BCUT2D eigenvalue weighted by molar-refractivity contribution is 7.47. The number of phosphoric acid groups is 1. The van der Waals surface area contributed by atoms with Gasteiger partial charge in [0, 0.05) is 12.8 Å². The molecule has 0 aliphatic rings. The molecule has 0 heterocycles. The summed E-state index contributed by atoms with van der Waals surface area (Å²) in [5, 5.41) is 0. The van der Waals surface area contributed by atoms with Gasteiger partial charge in [0.1, 0.15) is 19.8 Å². The van der Waals surface area contributed by atoms with Gasteiger partial charge in [-0.1, -0.05) is 262 Å². The van der Waals surface area contributed by atoms with E-state index in [-0.39, 0.29) is 25.6 Å². The van der Waals surface area contributed by atoms with Gasteiger partial charge in [0.25, 0.3) is 0 Å². The lowest BCUT2D eigenvalue weighted by Crippen LogP contribution is -2.37. The van der Waals surface area contributed by atoms with Crippen LogP contribution >= 0.6 is 7.82 Å². The first-order chi connectivity index (χ1) is 34.5. The quantitative estimate of drug-likeness (QED) is 0.0211. The third kappa shape index (κ3) is 57.1. The fourth-order valence-corrected chi connectivity index (χ4v) is 9.28. The number of allylic oxidation sites excluding steroid dienone is 8. The van der Waals surface area contributed by atoms with E-state index in [1.54, 1.807) is 0 Å². The number of carbonyl (C=O) groups is 2. The average Bonchev–Trinajstić information content (AvgIpc) is 3.33. The Morgan fingerprint density at radius 3 is 1.20 bits per heavy atom. The number of esters is 2. The molecule has 0 saturated carbocycles. The summed E-state index contributed by atoms with van der Waals surface area (Å²) in [6.45, 7) is 4.33. The Kier molecular flexibility index (Phi) is 51.3. The van der Waals surface area contributed by atoms with Crippen molar-refractivity contribution in [2.24, 2.45) is 0 Å². The zero-order valence-electron chi connectivity index (χ0n) is 47.2. The highest BCUT2D eigenvalue weighted by Crippen LogP contribution is 2.43. The number of unbranched alkanes of at least 4 members (excludes halogenated alkanes) is 33. The van der Waals surface area contributed by atoms with E-state index in [1.165, 1.54) is 186 Å². The molecule has 0 rings (SSSR count). The number of phosphoric ester groups is 1. The molecule has 9 nitrogen and oxygen atoms in total. The van der Waals surface area contributed by atoms with E-state index in [2.05, 4.69) is 62.5 Å². The lowest BCUT2D eigenvalue weighted by molar-refractivity contribution is -0.870. The van der Waals surface area contributed by atoms with Crippen LogP contribution in [0, 0.1) is 0 Å². The second-order valence-corrected chi connectivity index (χ2v) is 22.8. The fourth-order valence-electron chi connectivity index (χ4n) is 8.54. The molecule has 0 saturated heterocycles. The summed E-state index contributed by atoms with van der Waals surface area (Å²) in [4.78, 5) is 35.5. The zero-order valence-corrected chi connectivity index (χ0v) is 48.1. The maximum Gasteiger partial charge on any atom is 0.472 e. The normalized spacial score (nSPS) is 13.6. The van der Waals surface area contributed by atoms with Crippen molar-refractivity contribution in [2.45, 2.75) is 283 Å². The third-order valence-corrected chi connectivity index (χ3v) is 14.1. The molecule has 0 aliphatic carbocycles. The summed E-state index contributed by atoms with van der Waals surface area (Å²) in [5.74, 6) is -0.786. The summed E-state index contributed by atoms with van der Waals surface area (Å²) < 4.78 is 34.5. The van der Waals surface area contributed by atoms with E-state index in [1.807, 2.05) is 21.1 Å². The van der Waals surface area contributed by atoms with Crippen molar-refractivity contribution in [1.82, 2.24) is 0 Å². The van der Waals surface area contributed by atoms with Crippen LogP contribution in [0.5, 0.6) is 0 Å². The second kappa shape index (κ2) is 52.8. The zero-order chi connectivity index (χ0) is 52.0. The first-order valence-electron chi connectivity index (χ1n) is 29.9. The molecule has 0 amide bonds. The van der Waals surface area contributed by atoms with Crippen molar-refractivity contribution in [3.63, 3.8) is 0 Å². The summed E-state index contributed by atoms with van der Waals surface area (Å²) in [6, 6.07) is 0. The molecular formula is C61H115NO8P+. The highest BCUT2D eigenvalue weighted by atomic mass is 31.2. The molecule has 416 valence electrons. The van der Waals surface area contributed by atoms with Gasteiger partial charge in [0.15, 0.2) is 6.10 Å². The number of likely N-dealkylation sites (N-methyl/N-ethyl adjacent to an activating group) is 1. The van der Waals surface area contributed by atoms with Crippen LogP contribution in [0.2, 0.25) is 0 Å². The number of ether oxygens (including phenoxy) is 2. The van der Waals surface area contributed by atoms with Gasteiger partial charge >= 0.3 is 19.8 Å². The molecule has 0 spiro atoms. The SMILES string of the molecule is CC/C=C\C/C=C\C/C=C\C/C=C\CCCCCCCCCCCCCCCCCCCCCCCCCCC(=O)OC(COC(=O)CCCCCCCCCCCC)COP(=O)(O)OCC[N+](C)(C)C. The Bertz CT molecular complexity index is 1340. The Labute approximate surface area is 439 Å². The van der Waals surface area contributed by atoms with E-state index in [0.717, 1.165) is 57.8 Å². The summed E-state index contributed by atoms with van der Waals surface area (Å²) >= 11 is 0. The lowest BCUT2D eigenvalue weighted by Gasteiger charge is -2.24. The number of hydrogen-bond donors (Lipinski definition) is 1. The largest absolute Gasteiger partial charge is 0.472 e. The first-order valence-corrected chi connectivity index (χ1v) is 31.4. The van der Waals surface area contributed by atoms with E-state index < -0.39 is 26.5 Å². The Hall–Kier alpha value is -2.03. The van der Waals surface area contributed by atoms with Crippen LogP contribution in [0.3, 0.4) is 0 Å². The standard InChI is InChI=1S/C61H114NO8P/c1-6-8-10-12-14-16-18-19-20-21-22-23-24-25-26-27-28-29-30-31-32-33-34-35-36-37-38-39-40-41-42-43-44-46-48-50-52-54-61(64)70-59(58-69-71(65,66)68-56-55-62(3,4)5)57-67-60(63)53-51-49-47-45-17-15-13-11-9-7-2/h8,10,14,16,19-20,22-23,59H,6-7,9,11-13,15,17-18,21,24-58H2,1-5H3/p+1/b10-8-,16-14-,20-19-,23-22-. The topological polar surface area (TPSA) is 108 Å². The molecule has 0 fully saturated rings. The number of nitrogens with zero attached hydrogens (tertiary/aromatic N) is 1. The third-order valence-electron chi connectivity index (χ3n) is 13.1. The monoisotopic (exact) mass is 1020 g/mol. The number of rotatable bonds is 55. The second-order valence-electron chi connectivity index (χ2n) is 21.4. The number of carbonyl (C=O) groups excluding carboxylic acids is 2. The number of hydrogen-bond acceptors (Lipinski definition) is 7. The predicted octanol–water partition coefficient (Wildman–Crippen LogP) is 18.5. The molecule has 0 aliphatic heterocycles. The first kappa shape index (κ1) is 69.0. The molecule has 71 heavy (non-hydrogen) atoms. The van der Waals surface area contributed by atoms with Crippen LogP contribution in [0.25, 0.3) is 0 Å². The van der Waals surface area contributed by atoms with Gasteiger partial charge in [-0.05, 0) is 51.4 Å². The minimum absolute atomic E-state index is 0.0345. The summed E-state index contributed by atoms with van der Waals surface area (Å²) in [7, 11) is 1.49. The smallest absolute Gasteiger partial charge is 0.462 e. The Morgan fingerprint density at radius 1 is 0.451 bits per heavy atom. The van der Waals surface area contributed by atoms with Gasteiger partial charge in [-0.2, -0.15) is 0 Å². The van der Waals surface area contributed by atoms with E-state index >= 15 is 0 Å². The van der Waals surface area contributed by atoms with Crippen LogP contribution in [0.4, 0.5) is 0 Å². The Balaban J connectivity index is 3.86. The van der Waals surface area contributed by atoms with Crippen LogP contribution in [0.15, 0.2) is 48.6 Å². The van der Waals surface area contributed by atoms with Crippen LogP contribution in [-0.4, -0.2) is 74.9 Å². The van der Waals surface area contributed by atoms with Crippen molar-refractivity contribution in [3.05, 3.63) is 48.6 Å². The van der Waals surface area contributed by atoms with Crippen molar-refractivity contribution in [2.75, 3.05) is 47.5 Å². The molecule has 0 radical (unpaired) electrons. The maximum atomic E-state index is 12.8. The molecule has 0 aromatic heterocycles. The van der Waals surface area contributed by atoms with Gasteiger partial charge in [-0.3, -0.25) is 18.6 Å². The van der Waals surface area contributed by atoms with Gasteiger partial charge in [0.05, 0.1) is 27.7 Å². The van der Waals surface area contributed by atoms with Crippen molar-refractivity contribution in [3.8, 4) is 0 Å². The van der Waals surface area contributed by atoms with Crippen molar-refractivity contribution >= 4 is 19.8 Å². The predicted molar refractivity (Wildman–Crippen MR) is 303 cm³/mol. The number of quaternary nitrogens is 1. The van der Waals surface area contributed by atoms with Gasteiger partial charge < -0.3 is 18.9 Å². The van der Waals surface area contributed by atoms with Gasteiger partial charge in [-0.25, -0.2) is 4.57 Å². The minimum Gasteiger partial charge on any atom is -0.462 e. The Morgan fingerprint density at radius 2 is 0.803 bits per heavy atom. The van der Waals surface area contributed by atoms with Crippen molar-refractivity contribution < 1.29 is 42.1 Å². The van der Waals surface area contributed by atoms with Crippen LogP contribution < -0.4 is 0 Å². The molecule has 0 bridgehead atoms. The van der Waals surface area contributed by atoms with Gasteiger partial charge in [0.2, 0.25) is 0 Å². The molecule has 2 unspecified atom stereocenters. The molecule has 0 aromatic carbocycles. The summed E-state index contributed by atoms with van der Waals surface area (Å²) in [6.07, 6.45) is 66.5. The van der Waals surface area contributed by atoms with Crippen molar-refractivity contribution in [1.29, 1.82) is 0 Å². The minimum atomic E-state index is -4.37. The van der Waals surface area contributed by atoms with E-state index in [0.29, 0.717) is 23.9 Å². The molecule has 10 heteroatoms. The molecule has 0 aromatic rings. The fraction of sp³-hybridized carbons (Fsp3) is 0.836. The van der Waals surface area contributed by atoms with Gasteiger partial charge in [-0.15, -0.1) is 0 Å². The molecular weight excluding hydrogens is 906 g/mol. The van der Waals surface area contributed by atoms with E-state index in [9.17, 15) is 19.0 Å². The average molecular weight is 1020 g/mol. The molecule has 2 atom stereocenters. The maximum absolute atomic E-state index is 12.8. The van der Waals surface area contributed by atoms with Crippen LogP contribution in [-0.2, 0) is 32.7 Å². The highest BCUT2D eigenvalue weighted by Gasteiger charge is 2.27. The molecule has 1 N–H and O–H groups in total. The van der Waals surface area contributed by atoms with Crippen LogP contribution in [0.1, 0.15) is 277 Å². The lowest BCUT2D eigenvalue weighted by atomic mass is 10.0.